The fourth-order valence-corrected chi connectivity index (χ4v) is 1.63. The van der Waals surface area contributed by atoms with E-state index in [0.29, 0.717) is 6.42 Å². The summed E-state index contributed by atoms with van der Waals surface area (Å²) in [7, 11) is 3.96. The number of carboxylic acid groups (broad SMARTS) is 1. The highest BCUT2D eigenvalue weighted by molar-refractivity contribution is 5.89. The minimum Gasteiger partial charge on any atom is -0.481 e. The van der Waals surface area contributed by atoms with E-state index in [-0.39, 0.29) is 17.9 Å². The van der Waals surface area contributed by atoms with Crippen LogP contribution >= 0.6 is 0 Å². The van der Waals surface area contributed by atoms with E-state index in [9.17, 15) is 9.59 Å². The lowest BCUT2D eigenvalue weighted by atomic mass is 10.2. The van der Waals surface area contributed by atoms with E-state index in [2.05, 4.69) is 10.2 Å². The van der Waals surface area contributed by atoms with Gasteiger partial charge in [0.05, 0.1) is 11.8 Å². The Morgan fingerprint density at radius 3 is 2.50 bits per heavy atom. The van der Waals surface area contributed by atoms with Crippen LogP contribution in [-0.4, -0.2) is 48.6 Å². The molecule has 1 aliphatic rings. The molecule has 0 radical (unpaired) electrons. The standard InChI is InChI=1S/C11H20N2O3/c1-7(4-5-13(2)3)12-10(14)8-6-9(8)11(15)16/h7-9H,4-6H2,1-3H3,(H,12,14)(H,15,16). The van der Waals surface area contributed by atoms with Gasteiger partial charge in [-0.3, -0.25) is 9.59 Å². The predicted molar refractivity (Wildman–Crippen MR) is 60.0 cm³/mol. The number of nitrogens with one attached hydrogen (secondary N) is 1. The quantitative estimate of drug-likeness (QED) is 0.679. The average Bonchev–Trinajstić information content (AvgIpc) is 2.93. The largest absolute Gasteiger partial charge is 0.481 e. The lowest BCUT2D eigenvalue weighted by molar-refractivity contribution is -0.140. The Kier molecular flexibility index (Phi) is 4.29. The van der Waals surface area contributed by atoms with Crippen LogP contribution in [0.1, 0.15) is 19.8 Å². The number of carbonyl (C=O) groups excluding carboxylic acids is 1. The van der Waals surface area contributed by atoms with Gasteiger partial charge in [0.2, 0.25) is 5.91 Å². The lowest BCUT2D eigenvalue weighted by Gasteiger charge is -2.16. The maximum absolute atomic E-state index is 11.6. The van der Waals surface area contributed by atoms with Crippen LogP contribution in [0.2, 0.25) is 0 Å². The van der Waals surface area contributed by atoms with Gasteiger partial charge < -0.3 is 15.3 Å². The van der Waals surface area contributed by atoms with Crippen molar-refractivity contribution in [1.82, 2.24) is 10.2 Å². The van der Waals surface area contributed by atoms with Crippen molar-refractivity contribution < 1.29 is 14.7 Å². The molecule has 0 heterocycles. The van der Waals surface area contributed by atoms with Crippen molar-refractivity contribution in [2.45, 2.75) is 25.8 Å². The van der Waals surface area contributed by atoms with Gasteiger partial charge in [-0.05, 0) is 40.4 Å². The predicted octanol–water partition coefficient (Wildman–Crippen LogP) is 0.164. The van der Waals surface area contributed by atoms with E-state index >= 15 is 0 Å². The summed E-state index contributed by atoms with van der Waals surface area (Å²) in [5, 5.41) is 11.5. The Labute approximate surface area is 95.8 Å². The molecule has 1 rings (SSSR count). The average molecular weight is 228 g/mol. The Bertz CT molecular complexity index is 278. The second-order valence-corrected chi connectivity index (χ2v) is 4.79. The summed E-state index contributed by atoms with van der Waals surface area (Å²) in [4.78, 5) is 24.2. The molecule has 0 aromatic carbocycles. The van der Waals surface area contributed by atoms with Gasteiger partial charge in [-0.25, -0.2) is 0 Å². The molecule has 5 nitrogen and oxygen atoms in total. The summed E-state index contributed by atoms with van der Waals surface area (Å²) in [5.74, 6) is -1.74. The molecule has 2 N–H and O–H groups in total. The molecule has 1 amide bonds. The van der Waals surface area contributed by atoms with E-state index in [0.717, 1.165) is 13.0 Å². The van der Waals surface area contributed by atoms with Crippen molar-refractivity contribution in [1.29, 1.82) is 0 Å². The number of rotatable bonds is 6. The van der Waals surface area contributed by atoms with Crippen LogP contribution in [0.25, 0.3) is 0 Å². The van der Waals surface area contributed by atoms with Gasteiger partial charge in [0.25, 0.3) is 0 Å². The van der Waals surface area contributed by atoms with Crippen LogP contribution in [0.15, 0.2) is 0 Å². The lowest BCUT2D eigenvalue weighted by Crippen LogP contribution is -2.36. The van der Waals surface area contributed by atoms with E-state index in [1.165, 1.54) is 0 Å². The maximum atomic E-state index is 11.6. The normalized spacial score (nSPS) is 25.2. The molecule has 0 spiro atoms. The van der Waals surface area contributed by atoms with E-state index < -0.39 is 11.9 Å². The smallest absolute Gasteiger partial charge is 0.307 e. The number of hydrogen-bond donors (Lipinski definition) is 2. The molecule has 3 unspecified atom stereocenters. The second kappa shape index (κ2) is 5.30. The first-order chi connectivity index (χ1) is 7.41. The molecule has 3 atom stereocenters. The second-order valence-electron chi connectivity index (χ2n) is 4.79. The topological polar surface area (TPSA) is 69.6 Å². The zero-order chi connectivity index (χ0) is 12.3. The molecule has 0 saturated heterocycles. The van der Waals surface area contributed by atoms with Gasteiger partial charge in [-0.1, -0.05) is 0 Å². The number of carboxylic acids is 1. The zero-order valence-electron chi connectivity index (χ0n) is 10.1. The summed E-state index contributed by atoms with van der Waals surface area (Å²) >= 11 is 0. The van der Waals surface area contributed by atoms with Gasteiger partial charge >= 0.3 is 5.97 Å². The highest BCUT2D eigenvalue weighted by Crippen LogP contribution is 2.38. The van der Waals surface area contributed by atoms with Gasteiger partial charge in [0.1, 0.15) is 0 Å². The summed E-state index contributed by atoms with van der Waals surface area (Å²) in [5.41, 5.74) is 0. The molecule has 16 heavy (non-hydrogen) atoms. The van der Waals surface area contributed by atoms with Crippen LogP contribution in [0.3, 0.4) is 0 Å². The maximum Gasteiger partial charge on any atom is 0.307 e. The molecule has 1 fully saturated rings. The number of carbonyl (C=O) groups is 2. The first kappa shape index (κ1) is 13.0. The fourth-order valence-electron chi connectivity index (χ4n) is 1.63. The van der Waals surface area contributed by atoms with E-state index in [1.54, 1.807) is 0 Å². The third kappa shape index (κ3) is 3.81. The Hall–Kier alpha value is -1.10. The molecule has 0 aliphatic heterocycles. The van der Waals surface area contributed by atoms with Crippen LogP contribution in [0.5, 0.6) is 0 Å². The summed E-state index contributed by atoms with van der Waals surface area (Å²) in [6, 6.07) is 0.102. The van der Waals surface area contributed by atoms with Crippen molar-refractivity contribution in [3.63, 3.8) is 0 Å². The van der Waals surface area contributed by atoms with Crippen molar-refractivity contribution in [2.24, 2.45) is 11.8 Å². The fraction of sp³-hybridized carbons (Fsp3) is 0.818. The number of hydrogen-bond acceptors (Lipinski definition) is 3. The number of amides is 1. The summed E-state index contributed by atoms with van der Waals surface area (Å²) < 4.78 is 0. The molecule has 0 bridgehead atoms. The van der Waals surface area contributed by atoms with E-state index in [1.807, 2.05) is 21.0 Å². The van der Waals surface area contributed by atoms with Crippen LogP contribution in [0.4, 0.5) is 0 Å². The minimum atomic E-state index is -0.860. The number of aliphatic carboxylic acids is 1. The SMILES string of the molecule is CC(CCN(C)C)NC(=O)C1CC1C(=O)O. The molecule has 5 heteroatoms. The first-order valence-electron chi connectivity index (χ1n) is 5.59. The molecule has 0 aromatic heterocycles. The van der Waals surface area contributed by atoms with Crippen LogP contribution < -0.4 is 5.32 Å². The van der Waals surface area contributed by atoms with Gasteiger partial charge in [-0.15, -0.1) is 0 Å². The minimum absolute atomic E-state index is 0.102. The van der Waals surface area contributed by atoms with Crippen molar-refractivity contribution in [3.05, 3.63) is 0 Å². The van der Waals surface area contributed by atoms with Gasteiger partial charge in [-0.2, -0.15) is 0 Å². The van der Waals surface area contributed by atoms with Crippen LogP contribution in [-0.2, 0) is 9.59 Å². The Balaban J connectivity index is 2.22. The first-order valence-corrected chi connectivity index (χ1v) is 5.59. The Morgan fingerprint density at radius 2 is 2.06 bits per heavy atom. The molecule has 92 valence electrons. The van der Waals surface area contributed by atoms with Crippen LogP contribution in [0, 0.1) is 11.8 Å². The highest BCUT2D eigenvalue weighted by Gasteiger charge is 2.48. The van der Waals surface area contributed by atoms with Crippen molar-refractivity contribution >= 4 is 11.9 Å². The third-order valence-corrected chi connectivity index (χ3v) is 2.84. The monoisotopic (exact) mass is 228 g/mol. The number of nitrogens with zero attached hydrogens (tertiary/aromatic N) is 1. The molecular weight excluding hydrogens is 208 g/mol. The highest BCUT2D eigenvalue weighted by atomic mass is 16.4. The Morgan fingerprint density at radius 1 is 1.44 bits per heavy atom. The van der Waals surface area contributed by atoms with Crippen molar-refractivity contribution in [3.8, 4) is 0 Å². The molecule has 0 aromatic rings. The molecule has 1 saturated carbocycles. The third-order valence-electron chi connectivity index (χ3n) is 2.84. The van der Waals surface area contributed by atoms with Gasteiger partial charge in [0, 0.05) is 6.04 Å². The molecule has 1 aliphatic carbocycles. The van der Waals surface area contributed by atoms with Gasteiger partial charge in [0.15, 0.2) is 0 Å². The summed E-state index contributed by atoms with van der Waals surface area (Å²) in [6.07, 6.45) is 1.37. The zero-order valence-corrected chi connectivity index (χ0v) is 10.1. The van der Waals surface area contributed by atoms with E-state index in [4.69, 9.17) is 5.11 Å². The van der Waals surface area contributed by atoms with Crippen molar-refractivity contribution in [2.75, 3.05) is 20.6 Å². The summed E-state index contributed by atoms with van der Waals surface area (Å²) in [6.45, 7) is 2.86. The molecular formula is C11H20N2O3.